The number of carboxylic acid groups (broad SMARTS) is 1. The molecule has 21 heavy (non-hydrogen) atoms. The number of anilines is 1. The smallest absolute Gasteiger partial charge is 0.328 e. The van der Waals surface area contributed by atoms with Crippen LogP contribution in [0.3, 0.4) is 0 Å². The third-order valence-electron chi connectivity index (χ3n) is 4.25. The zero-order valence-corrected chi connectivity index (χ0v) is 12.9. The molecule has 0 radical (unpaired) electrons. The average molecular weight is 289 g/mol. The van der Waals surface area contributed by atoms with Crippen molar-refractivity contribution in [3.63, 3.8) is 0 Å². The molecule has 0 unspecified atom stereocenters. The Morgan fingerprint density at radius 1 is 1.33 bits per heavy atom. The fourth-order valence-electron chi connectivity index (χ4n) is 2.70. The first-order chi connectivity index (χ1) is 9.87. The maximum Gasteiger partial charge on any atom is 0.328 e. The van der Waals surface area contributed by atoms with Crippen LogP contribution in [-0.2, 0) is 4.79 Å². The van der Waals surface area contributed by atoms with E-state index in [-0.39, 0.29) is 0 Å². The van der Waals surface area contributed by atoms with Crippen LogP contribution in [0.2, 0.25) is 0 Å². The van der Waals surface area contributed by atoms with Gasteiger partial charge in [0.1, 0.15) is 0 Å². The molecule has 1 aromatic heterocycles. The second-order valence-electron chi connectivity index (χ2n) is 6.49. The van der Waals surface area contributed by atoms with Gasteiger partial charge in [-0.05, 0) is 37.2 Å². The summed E-state index contributed by atoms with van der Waals surface area (Å²) >= 11 is 0. The van der Waals surface area contributed by atoms with Gasteiger partial charge >= 0.3 is 5.97 Å². The number of aromatic nitrogens is 2. The van der Waals surface area contributed by atoms with Gasteiger partial charge in [0.15, 0.2) is 0 Å². The van der Waals surface area contributed by atoms with Crippen LogP contribution in [0.25, 0.3) is 6.08 Å². The lowest BCUT2D eigenvalue weighted by Gasteiger charge is -2.38. The Kier molecular flexibility index (Phi) is 4.60. The fraction of sp³-hybridized carbons (Fsp3) is 0.562. The van der Waals surface area contributed by atoms with Gasteiger partial charge in [0.25, 0.3) is 0 Å². The van der Waals surface area contributed by atoms with Crippen LogP contribution in [0, 0.1) is 5.41 Å². The van der Waals surface area contributed by atoms with Gasteiger partial charge in [0, 0.05) is 37.1 Å². The summed E-state index contributed by atoms with van der Waals surface area (Å²) in [5, 5.41) is 8.59. The summed E-state index contributed by atoms with van der Waals surface area (Å²) in [4.78, 5) is 21.3. The van der Waals surface area contributed by atoms with Crippen molar-refractivity contribution in [1.29, 1.82) is 0 Å². The zero-order chi connectivity index (χ0) is 15.5. The Morgan fingerprint density at radius 2 is 1.90 bits per heavy atom. The molecule has 0 bridgehead atoms. The second kappa shape index (κ2) is 6.24. The van der Waals surface area contributed by atoms with Gasteiger partial charge in [-0.2, -0.15) is 0 Å². The van der Waals surface area contributed by atoms with Gasteiger partial charge in [0.05, 0.1) is 0 Å². The number of nitrogens with zero attached hydrogens (tertiary/aromatic N) is 3. The summed E-state index contributed by atoms with van der Waals surface area (Å²) in [6, 6.07) is 0.485. The van der Waals surface area contributed by atoms with E-state index in [1.807, 2.05) is 7.05 Å². The highest BCUT2D eigenvalue weighted by molar-refractivity contribution is 5.85. The Labute approximate surface area is 125 Å². The lowest BCUT2D eigenvalue weighted by molar-refractivity contribution is -0.131. The molecular weight excluding hydrogens is 266 g/mol. The molecule has 1 aliphatic rings. The van der Waals surface area contributed by atoms with Gasteiger partial charge in [0.2, 0.25) is 5.95 Å². The van der Waals surface area contributed by atoms with E-state index in [0.29, 0.717) is 23.0 Å². The number of hydrogen-bond acceptors (Lipinski definition) is 4. The molecular formula is C16H23N3O2. The van der Waals surface area contributed by atoms with Crippen molar-refractivity contribution in [2.45, 2.75) is 45.6 Å². The van der Waals surface area contributed by atoms with E-state index in [2.05, 4.69) is 28.7 Å². The third-order valence-corrected chi connectivity index (χ3v) is 4.25. The molecule has 5 heteroatoms. The van der Waals surface area contributed by atoms with E-state index < -0.39 is 5.97 Å². The minimum Gasteiger partial charge on any atom is -0.478 e. The van der Waals surface area contributed by atoms with Crippen LogP contribution in [-0.4, -0.2) is 34.1 Å². The van der Waals surface area contributed by atoms with Crippen molar-refractivity contribution in [3.8, 4) is 0 Å². The summed E-state index contributed by atoms with van der Waals surface area (Å²) in [5.74, 6) is -0.270. The molecule has 5 nitrogen and oxygen atoms in total. The predicted octanol–water partition coefficient (Wildman–Crippen LogP) is 2.98. The molecule has 1 aromatic rings. The number of carbonyl (C=O) groups is 1. The van der Waals surface area contributed by atoms with E-state index in [9.17, 15) is 4.79 Å². The first-order valence-corrected chi connectivity index (χ1v) is 7.33. The van der Waals surface area contributed by atoms with Crippen LogP contribution in [0.15, 0.2) is 18.5 Å². The molecule has 1 fully saturated rings. The lowest BCUT2D eigenvalue weighted by atomic mass is 9.75. The molecule has 0 amide bonds. The van der Waals surface area contributed by atoms with Crippen LogP contribution < -0.4 is 4.90 Å². The van der Waals surface area contributed by atoms with Crippen LogP contribution >= 0.6 is 0 Å². The zero-order valence-electron chi connectivity index (χ0n) is 12.9. The SMILES string of the molecule is CN(c1ncc(/C=C/C(=O)O)cn1)C1CCC(C)(C)CC1. The minimum atomic E-state index is -0.971. The van der Waals surface area contributed by atoms with Crippen LogP contribution in [0.4, 0.5) is 5.95 Å². The Balaban J connectivity index is 2.00. The van der Waals surface area contributed by atoms with Crippen molar-refractivity contribution < 1.29 is 9.90 Å². The van der Waals surface area contributed by atoms with E-state index in [1.54, 1.807) is 12.4 Å². The number of rotatable bonds is 4. The maximum atomic E-state index is 10.5. The highest BCUT2D eigenvalue weighted by Crippen LogP contribution is 2.37. The Morgan fingerprint density at radius 3 is 2.43 bits per heavy atom. The monoisotopic (exact) mass is 289 g/mol. The molecule has 0 aliphatic heterocycles. The van der Waals surface area contributed by atoms with Crippen molar-refractivity contribution in [2.75, 3.05) is 11.9 Å². The van der Waals surface area contributed by atoms with Crippen molar-refractivity contribution in [2.24, 2.45) is 5.41 Å². The molecule has 1 heterocycles. The number of aliphatic carboxylic acids is 1. The first-order valence-electron chi connectivity index (χ1n) is 7.33. The van der Waals surface area contributed by atoms with Gasteiger partial charge in [-0.1, -0.05) is 13.8 Å². The van der Waals surface area contributed by atoms with Gasteiger partial charge in [-0.15, -0.1) is 0 Å². The van der Waals surface area contributed by atoms with E-state index in [1.165, 1.54) is 18.9 Å². The average Bonchev–Trinajstić information content (AvgIpc) is 2.45. The van der Waals surface area contributed by atoms with Gasteiger partial charge in [-0.3, -0.25) is 0 Å². The molecule has 2 rings (SSSR count). The summed E-state index contributed by atoms with van der Waals surface area (Å²) in [7, 11) is 2.03. The summed E-state index contributed by atoms with van der Waals surface area (Å²) in [6.07, 6.45) is 10.7. The summed E-state index contributed by atoms with van der Waals surface area (Å²) in [6.45, 7) is 4.65. The maximum absolute atomic E-state index is 10.5. The van der Waals surface area contributed by atoms with Gasteiger partial charge in [-0.25, -0.2) is 14.8 Å². The lowest BCUT2D eigenvalue weighted by Crippen LogP contribution is -2.38. The molecule has 0 atom stereocenters. The molecule has 1 saturated carbocycles. The van der Waals surface area contributed by atoms with E-state index in [4.69, 9.17) is 5.11 Å². The van der Waals surface area contributed by atoms with Crippen molar-refractivity contribution >= 4 is 18.0 Å². The normalized spacial score (nSPS) is 18.8. The summed E-state index contributed by atoms with van der Waals surface area (Å²) in [5.41, 5.74) is 1.14. The second-order valence-corrected chi connectivity index (χ2v) is 6.49. The molecule has 0 aromatic carbocycles. The largest absolute Gasteiger partial charge is 0.478 e. The number of carboxylic acids is 1. The van der Waals surface area contributed by atoms with Crippen LogP contribution in [0.1, 0.15) is 45.1 Å². The highest BCUT2D eigenvalue weighted by Gasteiger charge is 2.29. The van der Waals surface area contributed by atoms with E-state index in [0.717, 1.165) is 18.9 Å². The first kappa shape index (κ1) is 15.5. The molecule has 114 valence electrons. The third kappa shape index (κ3) is 4.28. The van der Waals surface area contributed by atoms with Crippen molar-refractivity contribution in [1.82, 2.24) is 9.97 Å². The van der Waals surface area contributed by atoms with Crippen LogP contribution in [0.5, 0.6) is 0 Å². The summed E-state index contributed by atoms with van der Waals surface area (Å²) < 4.78 is 0. The van der Waals surface area contributed by atoms with Gasteiger partial charge < -0.3 is 10.0 Å². The molecule has 1 N–H and O–H groups in total. The predicted molar refractivity (Wildman–Crippen MR) is 83.1 cm³/mol. The molecule has 1 aliphatic carbocycles. The minimum absolute atomic E-state index is 0.448. The van der Waals surface area contributed by atoms with Crippen molar-refractivity contribution in [3.05, 3.63) is 24.0 Å². The number of hydrogen-bond donors (Lipinski definition) is 1. The molecule has 0 spiro atoms. The Bertz CT molecular complexity index is 513. The van der Waals surface area contributed by atoms with E-state index >= 15 is 0 Å². The quantitative estimate of drug-likeness (QED) is 0.863. The fourth-order valence-corrected chi connectivity index (χ4v) is 2.70. The molecule has 0 saturated heterocycles. The Hall–Kier alpha value is -1.91. The topological polar surface area (TPSA) is 66.3 Å². The highest BCUT2D eigenvalue weighted by atomic mass is 16.4. The standard InChI is InChI=1S/C16H23N3O2/c1-16(2)8-6-13(7-9-16)19(3)15-17-10-12(11-18-15)4-5-14(20)21/h4-5,10-11,13H,6-9H2,1-3H3,(H,20,21)/b5-4+.